The number of thiophene rings is 1. The summed E-state index contributed by atoms with van der Waals surface area (Å²) in [5.74, 6) is 0.964. The first-order valence-electron chi connectivity index (χ1n) is 5.39. The van der Waals surface area contributed by atoms with E-state index in [4.69, 9.17) is 9.47 Å². The molecule has 0 bridgehead atoms. The Labute approximate surface area is 145 Å². The Morgan fingerprint density at radius 1 is 1.10 bits per heavy atom. The first kappa shape index (κ1) is 16.0. The van der Waals surface area contributed by atoms with Crippen LogP contribution in [0.15, 0.2) is 30.2 Å². The summed E-state index contributed by atoms with van der Waals surface area (Å²) in [6.45, 7) is 0. The highest BCUT2D eigenvalue weighted by Gasteiger charge is 2.22. The number of halogens is 3. The Bertz CT molecular complexity index is 667. The van der Waals surface area contributed by atoms with Crippen LogP contribution in [0.5, 0.6) is 11.5 Å². The van der Waals surface area contributed by atoms with Crippen molar-refractivity contribution in [2.75, 3.05) is 14.2 Å². The zero-order chi connectivity index (χ0) is 14.9. The Morgan fingerprint density at radius 2 is 1.80 bits per heavy atom. The van der Waals surface area contributed by atoms with Crippen molar-refractivity contribution in [2.24, 2.45) is 0 Å². The third kappa shape index (κ3) is 2.95. The molecule has 2 aromatic rings. The second kappa shape index (κ2) is 6.60. The number of rotatable bonds is 4. The molecule has 106 valence electrons. The van der Waals surface area contributed by atoms with Crippen molar-refractivity contribution in [2.45, 2.75) is 0 Å². The van der Waals surface area contributed by atoms with Crippen molar-refractivity contribution in [1.29, 1.82) is 0 Å². The molecule has 0 spiro atoms. The summed E-state index contributed by atoms with van der Waals surface area (Å²) in [6.07, 6.45) is 0. The van der Waals surface area contributed by atoms with Gasteiger partial charge in [-0.15, -0.1) is 11.3 Å². The number of benzene rings is 1. The van der Waals surface area contributed by atoms with Gasteiger partial charge in [0.1, 0.15) is 16.0 Å². The molecule has 0 N–H and O–H groups in total. The highest BCUT2D eigenvalue weighted by molar-refractivity contribution is 9.12. The van der Waals surface area contributed by atoms with Crippen LogP contribution >= 0.6 is 59.1 Å². The van der Waals surface area contributed by atoms with Gasteiger partial charge in [-0.25, -0.2) is 0 Å². The Hall–Kier alpha value is -0.370. The van der Waals surface area contributed by atoms with Gasteiger partial charge in [0.05, 0.1) is 27.4 Å². The van der Waals surface area contributed by atoms with E-state index < -0.39 is 0 Å². The second-order valence-corrected chi connectivity index (χ2v) is 8.27. The van der Waals surface area contributed by atoms with Gasteiger partial charge < -0.3 is 9.47 Å². The fourth-order valence-corrected chi connectivity index (χ4v) is 5.18. The monoisotopic (exact) mass is 482 g/mol. The van der Waals surface area contributed by atoms with Crippen LogP contribution in [0.4, 0.5) is 0 Å². The number of carbonyl (C=O) groups is 1. The molecule has 0 fully saturated rings. The zero-order valence-corrected chi connectivity index (χ0v) is 16.1. The van der Waals surface area contributed by atoms with Gasteiger partial charge in [-0.05, 0) is 66.0 Å². The van der Waals surface area contributed by atoms with Crippen molar-refractivity contribution in [3.05, 3.63) is 41.4 Å². The lowest BCUT2D eigenvalue weighted by molar-refractivity contribution is 0.103. The molecule has 0 amide bonds. The molecule has 1 aromatic carbocycles. The first-order valence-corrected chi connectivity index (χ1v) is 8.59. The van der Waals surface area contributed by atoms with Crippen LogP contribution in [0.3, 0.4) is 0 Å². The number of carbonyl (C=O) groups excluding carboxylic acids is 1. The van der Waals surface area contributed by atoms with E-state index in [1.807, 2.05) is 0 Å². The lowest BCUT2D eigenvalue weighted by atomic mass is 10.0. The van der Waals surface area contributed by atoms with Gasteiger partial charge in [0.25, 0.3) is 0 Å². The smallest absolute Gasteiger partial charge is 0.198 e. The van der Waals surface area contributed by atoms with E-state index in [9.17, 15) is 4.79 Å². The molecule has 0 saturated heterocycles. The van der Waals surface area contributed by atoms with Gasteiger partial charge in [-0.1, -0.05) is 0 Å². The highest BCUT2D eigenvalue weighted by Crippen LogP contribution is 2.40. The van der Waals surface area contributed by atoms with E-state index in [1.165, 1.54) is 18.4 Å². The molecule has 0 radical (unpaired) electrons. The summed E-state index contributed by atoms with van der Waals surface area (Å²) in [7, 11) is 3.09. The van der Waals surface area contributed by atoms with Gasteiger partial charge in [0.15, 0.2) is 5.78 Å². The summed E-state index contributed by atoms with van der Waals surface area (Å²) in [5, 5.41) is 0. The van der Waals surface area contributed by atoms with Crippen LogP contribution in [-0.2, 0) is 0 Å². The largest absolute Gasteiger partial charge is 0.495 e. The molecule has 1 heterocycles. The molecule has 0 aliphatic carbocycles. The summed E-state index contributed by atoms with van der Waals surface area (Å²) in [4.78, 5) is 12.6. The molecule has 0 aliphatic heterocycles. The molecule has 0 saturated carbocycles. The first-order chi connectivity index (χ1) is 9.49. The lowest BCUT2D eigenvalue weighted by Gasteiger charge is -2.12. The van der Waals surface area contributed by atoms with E-state index in [2.05, 4.69) is 47.8 Å². The molecular formula is C13H9Br3O3S. The minimum absolute atomic E-state index is 0.112. The second-order valence-electron chi connectivity index (χ2n) is 3.73. The standard InChI is InChI=1S/C13H9Br3O3S/c1-18-8-4-3-6(12(19-2)10(8)15)11(17)7-5-9(14)20-13(7)16/h3-5H,1-2H3. The van der Waals surface area contributed by atoms with Crippen LogP contribution < -0.4 is 9.47 Å². The number of ether oxygens (including phenoxy) is 2. The minimum atomic E-state index is -0.112. The quantitative estimate of drug-likeness (QED) is 0.554. The third-order valence-electron chi connectivity index (χ3n) is 2.63. The van der Waals surface area contributed by atoms with E-state index in [0.29, 0.717) is 27.1 Å². The van der Waals surface area contributed by atoms with E-state index in [0.717, 1.165) is 7.57 Å². The van der Waals surface area contributed by atoms with Crippen LogP contribution in [0.1, 0.15) is 15.9 Å². The molecule has 3 nitrogen and oxygen atoms in total. The average molecular weight is 485 g/mol. The maximum atomic E-state index is 12.6. The van der Waals surface area contributed by atoms with Crippen molar-refractivity contribution in [3.63, 3.8) is 0 Å². The normalized spacial score (nSPS) is 10.4. The van der Waals surface area contributed by atoms with Crippen molar-refractivity contribution in [1.82, 2.24) is 0 Å². The zero-order valence-electron chi connectivity index (χ0n) is 10.5. The molecular weight excluding hydrogens is 476 g/mol. The Balaban J connectivity index is 2.55. The van der Waals surface area contributed by atoms with Crippen molar-refractivity contribution < 1.29 is 14.3 Å². The van der Waals surface area contributed by atoms with Gasteiger partial charge in [0.2, 0.25) is 0 Å². The Morgan fingerprint density at radius 3 is 2.30 bits per heavy atom. The highest BCUT2D eigenvalue weighted by atomic mass is 79.9. The third-order valence-corrected chi connectivity index (χ3v) is 5.72. The summed E-state index contributed by atoms with van der Waals surface area (Å²) >= 11 is 11.6. The van der Waals surface area contributed by atoms with Crippen molar-refractivity contribution in [3.8, 4) is 11.5 Å². The number of hydrogen-bond donors (Lipinski definition) is 0. The molecule has 7 heteroatoms. The van der Waals surface area contributed by atoms with Crippen LogP contribution in [0.25, 0.3) is 0 Å². The van der Waals surface area contributed by atoms with Crippen LogP contribution in [0, 0.1) is 0 Å². The molecule has 1 aromatic heterocycles. The SMILES string of the molecule is COc1ccc(C(=O)c2cc(Br)sc2Br)c(OC)c1Br. The molecule has 0 unspecified atom stereocenters. The maximum Gasteiger partial charge on any atom is 0.198 e. The molecule has 0 atom stereocenters. The summed E-state index contributed by atoms with van der Waals surface area (Å²) in [5.41, 5.74) is 1.07. The average Bonchev–Trinajstić information content (AvgIpc) is 2.76. The van der Waals surface area contributed by atoms with Crippen molar-refractivity contribution >= 4 is 64.9 Å². The van der Waals surface area contributed by atoms with Gasteiger partial charge in [-0.2, -0.15) is 0 Å². The summed E-state index contributed by atoms with van der Waals surface area (Å²) in [6, 6.07) is 5.21. The number of hydrogen-bond acceptors (Lipinski definition) is 4. The van der Waals surface area contributed by atoms with E-state index >= 15 is 0 Å². The number of methoxy groups -OCH3 is 2. The fourth-order valence-electron chi connectivity index (χ4n) is 1.71. The summed E-state index contributed by atoms with van der Waals surface area (Å²) < 4.78 is 12.8. The minimum Gasteiger partial charge on any atom is -0.495 e. The molecule has 20 heavy (non-hydrogen) atoms. The molecule has 0 aliphatic rings. The van der Waals surface area contributed by atoms with E-state index in [1.54, 1.807) is 25.3 Å². The predicted octanol–water partition coefficient (Wildman–Crippen LogP) is 5.28. The van der Waals surface area contributed by atoms with Gasteiger partial charge >= 0.3 is 0 Å². The van der Waals surface area contributed by atoms with Crippen LogP contribution in [0.2, 0.25) is 0 Å². The van der Waals surface area contributed by atoms with Crippen LogP contribution in [-0.4, -0.2) is 20.0 Å². The molecule has 2 rings (SSSR count). The van der Waals surface area contributed by atoms with Gasteiger partial charge in [-0.3, -0.25) is 4.79 Å². The fraction of sp³-hybridized carbons (Fsp3) is 0.154. The van der Waals surface area contributed by atoms with E-state index in [-0.39, 0.29) is 5.78 Å². The topological polar surface area (TPSA) is 35.5 Å². The predicted molar refractivity (Wildman–Crippen MR) is 90.4 cm³/mol. The number of ketones is 1. The van der Waals surface area contributed by atoms with Gasteiger partial charge in [0, 0.05) is 5.56 Å². The maximum absolute atomic E-state index is 12.6. The lowest BCUT2D eigenvalue weighted by Crippen LogP contribution is -2.04. The Kier molecular flexibility index (Phi) is 5.28.